The van der Waals surface area contributed by atoms with Crippen LogP contribution in [-0.4, -0.2) is 363 Å². The summed E-state index contributed by atoms with van der Waals surface area (Å²) in [6, 6.07) is -2.02. The molecule has 14 amide bonds. The lowest BCUT2D eigenvalue weighted by atomic mass is 9.86. The van der Waals surface area contributed by atoms with Crippen molar-refractivity contribution in [2.24, 2.45) is 40.3 Å². The fourth-order valence-electron chi connectivity index (χ4n) is 14.6. The van der Waals surface area contributed by atoms with Gasteiger partial charge in [0.25, 0.3) is 5.91 Å². The molecule has 22 N–H and O–H groups in total. The van der Waals surface area contributed by atoms with Gasteiger partial charge in [-0.3, -0.25) is 66.8 Å². The number of carbonyl (C=O) groups is 14. The number of phenolic OH excluding ortho intramolecular Hbond substituents is 1. The summed E-state index contributed by atoms with van der Waals surface area (Å²) in [5.74, 6) is -12.3. The van der Waals surface area contributed by atoms with E-state index >= 15 is 4.21 Å². The summed E-state index contributed by atoms with van der Waals surface area (Å²) in [6.45, 7) is 16.5. The summed E-state index contributed by atoms with van der Waals surface area (Å²) in [7, 11) is -2.45. The van der Waals surface area contributed by atoms with E-state index in [2.05, 4.69) is 79.6 Å². The van der Waals surface area contributed by atoms with Crippen LogP contribution in [0.15, 0.2) is 58.5 Å². The molecule has 4 aliphatic heterocycles. The highest BCUT2D eigenvalue weighted by atomic mass is 32.2. The van der Waals surface area contributed by atoms with E-state index in [0.717, 1.165) is 16.3 Å². The van der Waals surface area contributed by atoms with E-state index in [-0.39, 0.29) is 84.9 Å². The standard InChI is InChI=1S/C53H81N9O19S2.C36H60N10O9S2/c1-5-29(3)34-19-31(64)23-55-48(71)37-21-35-33-7-8-41(66)36(27-82-18-17-81-16-15-80-14-13-79-12-11-78-10-9-77-6-2)46(33)61-52(35)83(76)28-39(57-44(69)24-56-47(34)70)49(72)59-38(22-43(54)68)53(75)62-25-32(65)20-40(62)50(73)60-45(51(74)58-37)30(4)42(67)26-63;1-6-52-16-17-53-15-14-46-20-28(43-45-46)19-39-36(51)54-21-26-9-11-27(12-10-26)40-33(48)30(8-7-13-38-35(37)50)42-34(49)31(18-25(2)3)41-32(47)22-55-44-29(23-56-4)24-57-5/h7-8,29-30,32,34,37-40,42,45,61,63,65-67H,5-6,9-28H2,1-4H3,(H2,54,68)(H,55,71)(H,56,70)(H,57,69)(H,58,74)(H,59,72)(H,60,73);9-12,20,25,30-31,43,45H,6-8,13-19,21-24H2,1-5H3,(H,39,51)(H,40,48)(H,41,47)(H,42,49)(H3,37,38,50)/t29-,30-,32+,34-,37-,38-,39+,40-,42-,45-,83?;30-,31-/m00/s1. The van der Waals surface area contributed by atoms with Crippen LogP contribution in [0.2, 0.25) is 0 Å². The smallest absolute Gasteiger partial charge is 0.407 e. The average Bonchev–Trinajstić information content (AvgIpc) is 1.61. The Morgan fingerprint density at radius 2 is 1.35 bits per heavy atom. The van der Waals surface area contributed by atoms with Gasteiger partial charge in [-0.2, -0.15) is 35.3 Å². The number of phenols is 1. The Morgan fingerprint density at radius 1 is 0.707 bits per heavy atom. The Kier molecular flexibility index (Phi) is 55.0. The van der Waals surface area contributed by atoms with E-state index in [1.807, 2.05) is 46.4 Å². The summed E-state index contributed by atoms with van der Waals surface area (Å²) in [6.07, 6.45) is 1.01. The average molecular weight is 2050 g/mol. The molecule has 5 heterocycles. The molecule has 1 fully saturated rings. The summed E-state index contributed by atoms with van der Waals surface area (Å²) in [5.41, 5.74) is 19.9. The van der Waals surface area contributed by atoms with Gasteiger partial charge in [0.2, 0.25) is 59.1 Å². The number of alkyl carbamates (subject to hydrolysis) is 1. The van der Waals surface area contributed by atoms with E-state index in [1.54, 1.807) is 66.6 Å². The number of H-pyrrole nitrogens is 1. The summed E-state index contributed by atoms with van der Waals surface area (Å²) in [4.78, 5) is 199. The van der Waals surface area contributed by atoms with Crippen molar-refractivity contribution >= 4 is 151 Å². The van der Waals surface area contributed by atoms with Gasteiger partial charge < -0.3 is 148 Å². The number of carbonyl (C=O) groups excluding carboxylic acids is 14. The van der Waals surface area contributed by atoms with Gasteiger partial charge in [0.1, 0.15) is 59.7 Å². The highest BCUT2D eigenvalue weighted by Gasteiger charge is 2.46. The van der Waals surface area contributed by atoms with Gasteiger partial charge in [-0.15, -0.1) is 5.53 Å². The van der Waals surface area contributed by atoms with Crippen LogP contribution in [0, 0.1) is 23.7 Å². The number of ether oxygens (including phenoxy) is 8. The normalized spacial score (nSPS) is 20.1. The first-order valence-electron chi connectivity index (χ1n) is 46.4. The maximum atomic E-state index is 15.2. The number of hydrazine groups is 2. The molecule has 1 aromatic heterocycles. The third-order valence-corrected chi connectivity index (χ3v) is 25.8. The number of aromatic hydroxyl groups is 1. The van der Waals surface area contributed by atoms with E-state index in [4.69, 9.17) is 54.2 Å². The molecule has 1 unspecified atom stereocenters. The number of hydrogen-bond donors (Lipinski definition) is 20. The van der Waals surface area contributed by atoms with E-state index in [9.17, 15) is 87.5 Å². The third-order valence-electron chi connectivity index (χ3n) is 22.2. The molecule has 140 heavy (non-hydrogen) atoms. The number of aromatic nitrogens is 1. The second-order valence-electron chi connectivity index (χ2n) is 33.5. The number of ketones is 1. The van der Waals surface area contributed by atoms with Crippen LogP contribution in [0.5, 0.6) is 5.75 Å². The molecule has 1 saturated heterocycles. The quantitative estimate of drug-likeness (QED) is 0.0167. The maximum Gasteiger partial charge on any atom is 0.407 e. The van der Waals surface area contributed by atoms with E-state index in [0.29, 0.717) is 139 Å². The van der Waals surface area contributed by atoms with Crippen LogP contribution in [0.4, 0.5) is 15.3 Å². The number of thioether (sulfide) groups is 3. The van der Waals surface area contributed by atoms with Crippen molar-refractivity contribution in [3.8, 4) is 5.75 Å². The molecule has 2 aromatic carbocycles. The van der Waals surface area contributed by atoms with Gasteiger partial charge in [0, 0.05) is 103 Å². The van der Waals surface area contributed by atoms with Gasteiger partial charge in [0.15, 0.2) is 12.4 Å². The number of primary amides is 2. The van der Waals surface area contributed by atoms with Crippen molar-refractivity contribution < 1.29 is 134 Å². The first kappa shape index (κ1) is 118. The number of aromatic amines is 1. The second-order valence-corrected chi connectivity index (χ2v) is 37.7. The zero-order valence-corrected chi connectivity index (χ0v) is 84.0. The number of benzene rings is 2. The number of aliphatic hydroxyl groups excluding tert-OH is 3. The summed E-state index contributed by atoms with van der Waals surface area (Å²) >= 11 is 4.54. The Morgan fingerprint density at radius 3 is 1.97 bits per heavy atom. The number of anilines is 1. The first-order chi connectivity index (χ1) is 67.1. The minimum absolute atomic E-state index is 0.0152. The lowest BCUT2D eigenvalue weighted by molar-refractivity contribution is -0.144. The summed E-state index contributed by atoms with van der Waals surface area (Å²) in [5, 5.41) is 77.6. The van der Waals surface area contributed by atoms with Crippen LogP contribution in [-0.2, 0) is 130 Å². The number of fused-ring (bicyclic) bond motifs is 5. The second kappa shape index (κ2) is 65.0. The summed E-state index contributed by atoms with van der Waals surface area (Å²) < 4.78 is 58.7. The predicted molar refractivity (Wildman–Crippen MR) is 521 cm³/mol. The lowest BCUT2D eigenvalue weighted by Crippen LogP contribution is -2.62. The minimum atomic E-state index is -2.45. The van der Waals surface area contributed by atoms with Crippen molar-refractivity contribution in [3.05, 3.63) is 65.0 Å². The van der Waals surface area contributed by atoms with Crippen molar-refractivity contribution in [3.63, 3.8) is 0 Å². The number of nitrogens with two attached hydrogens (primary N) is 2. The zero-order valence-electron chi connectivity index (χ0n) is 80.7. The molecule has 51 heteroatoms. The predicted octanol–water partition coefficient (Wildman–Crippen LogP) is -1.86. The van der Waals surface area contributed by atoms with Crippen LogP contribution >= 0.6 is 35.3 Å². The van der Waals surface area contributed by atoms with Crippen molar-refractivity contribution in [1.29, 1.82) is 0 Å². The monoisotopic (exact) mass is 2050 g/mol. The maximum absolute atomic E-state index is 15.2. The van der Waals surface area contributed by atoms with Crippen molar-refractivity contribution in [1.82, 2.24) is 79.0 Å². The molecule has 0 radical (unpaired) electrons. The molecule has 3 aromatic rings. The van der Waals surface area contributed by atoms with Crippen molar-refractivity contribution in [2.45, 2.75) is 172 Å². The molecule has 0 saturated carbocycles. The number of nitrogens with one attached hydrogen (secondary N) is 14. The molecule has 4 aliphatic rings. The van der Waals surface area contributed by atoms with Gasteiger partial charge in [-0.1, -0.05) is 58.3 Å². The Balaban J connectivity index is 0.000000461. The molecular weight excluding hydrogens is 1910 g/mol. The lowest BCUT2D eigenvalue weighted by Gasteiger charge is -2.32. The molecule has 13 atom stereocenters. The van der Waals surface area contributed by atoms with Crippen LogP contribution < -0.4 is 80.9 Å². The third kappa shape index (κ3) is 42.5. The fourth-order valence-corrected chi connectivity index (χ4v) is 17.9. The Bertz CT molecular complexity index is 4580. The number of amides is 14. The van der Waals surface area contributed by atoms with Gasteiger partial charge in [0.05, 0.1) is 164 Å². The number of hydrogen-bond acceptors (Lipinski definition) is 35. The molecular formula is C89H141N19O28S4. The van der Waals surface area contributed by atoms with Crippen LogP contribution in [0.3, 0.4) is 0 Å². The first-order valence-corrected chi connectivity index (χ1v) is 51.7. The number of aliphatic hydroxyl groups is 3. The number of rotatable bonds is 54. The number of Topliss-reactive ketones (excluding diaryl/α,β-unsaturated/α-hetero) is 1. The highest BCUT2D eigenvalue weighted by molar-refractivity contribution is 8.00. The number of nitrogens with zero attached hydrogens (tertiary/aromatic N) is 3. The zero-order chi connectivity index (χ0) is 103. The molecule has 0 spiro atoms. The van der Waals surface area contributed by atoms with E-state index < -0.39 is 224 Å². The minimum Gasteiger partial charge on any atom is -0.508 e. The molecule has 47 nitrogen and oxygen atoms in total. The number of oxime groups is 1. The highest BCUT2D eigenvalue weighted by Crippen LogP contribution is 2.36. The number of urea groups is 1. The van der Waals surface area contributed by atoms with Gasteiger partial charge in [-0.25, -0.2) is 9.59 Å². The fraction of sp³-hybridized carbons (Fsp3) is 0.652. The Labute approximate surface area is 828 Å². The van der Waals surface area contributed by atoms with E-state index in [1.165, 1.54) is 30.8 Å². The molecule has 784 valence electrons. The van der Waals surface area contributed by atoms with Gasteiger partial charge >= 0.3 is 12.1 Å². The largest absolute Gasteiger partial charge is 0.508 e. The van der Waals surface area contributed by atoms with Crippen molar-refractivity contribution in [2.75, 3.05) is 186 Å². The van der Waals surface area contributed by atoms with Crippen LogP contribution in [0.25, 0.3) is 10.9 Å². The van der Waals surface area contributed by atoms with Crippen LogP contribution in [0.1, 0.15) is 110 Å². The van der Waals surface area contributed by atoms with Gasteiger partial charge in [-0.05, 0) is 92.8 Å². The SMILES string of the molecule is CCOCCOCCN1C=C(CNC(=O)OCc2ccc(NC(=O)[C@H](CCCNC(N)=O)NC(=O)[C@H](CC(C)C)NC(=O)CON=C(CSC)CSC)cc2)NN1.CCOCCOCCOCCOCCOCCSCc1c(O)ccc2c3c([nH]c12)S(=O)C[C@H]1NC(=O)CNC(=O)[C@H]([C@@H](C)CC)CC(=O)CNC(=O)[C@H](C3)NC(=O)[C@H]([C@@H](C)[C@@H](O)CO)NC(=O)[C@@H]2C[C@@H](O)CN2C(=O)[C@H](CC(N)=O)NC1=O. The molecule has 2 bridgehead atoms. The molecule has 7 rings (SSSR count). The topological polar surface area (TPSA) is 663 Å². The molecule has 0 aliphatic carbocycles. The Hall–Kier alpha value is -10.3.